The van der Waals surface area contributed by atoms with E-state index in [0.29, 0.717) is 30.0 Å². The fourth-order valence-electron chi connectivity index (χ4n) is 2.40. The molecule has 6 heteroatoms. The summed E-state index contributed by atoms with van der Waals surface area (Å²) in [5.41, 5.74) is 0.421. The molecule has 1 fully saturated rings. The Morgan fingerprint density at radius 1 is 1.14 bits per heavy atom. The molecular formula is C15H26N4O2. The lowest BCUT2D eigenvalue weighted by molar-refractivity contribution is 0.0894. The molecule has 21 heavy (non-hydrogen) atoms. The number of rotatable bonds is 6. The van der Waals surface area contributed by atoms with Crippen molar-refractivity contribution in [1.29, 1.82) is 0 Å². The summed E-state index contributed by atoms with van der Waals surface area (Å²) in [6.07, 6.45) is 5.51. The van der Waals surface area contributed by atoms with E-state index in [1.807, 2.05) is 6.92 Å². The van der Waals surface area contributed by atoms with Gasteiger partial charge in [0.2, 0.25) is 5.95 Å². The Balaban J connectivity index is 2.01. The van der Waals surface area contributed by atoms with E-state index in [1.54, 1.807) is 7.05 Å². The summed E-state index contributed by atoms with van der Waals surface area (Å²) in [5.74, 6) is 0.474. The highest BCUT2D eigenvalue weighted by Gasteiger charge is 2.28. The van der Waals surface area contributed by atoms with Crippen LogP contribution in [0.15, 0.2) is 0 Å². The minimum absolute atomic E-state index is 0.184. The fraction of sp³-hybridized carbons (Fsp3) is 0.800. The minimum Gasteiger partial charge on any atom is -0.463 e. The van der Waals surface area contributed by atoms with Gasteiger partial charge in [0.1, 0.15) is 6.10 Å². The summed E-state index contributed by atoms with van der Waals surface area (Å²) < 4.78 is 11.4. The summed E-state index contributed by atoms with van der Waals surface area (Å²) in [4.78, 5) is 12.7. The molecule has 6 nitrogen and oxygen atoms in total. The number of anilines is 1. The SMILES string of the molecule is CCCOc1nc(NC)nc(OC2CCC(C)(C)CC2)n1. The Hall–Kier alpha value is -1.59. The van der Waals surface area contributed by atoms with E-state index in [-0.39, 0.29) is 6.10 Å². The van der Waals surface area contributed by atoms with Crippen molar-refractivity contribution in [1.82, 2.24) is 15.0 Å². The number of hydrogen-bond acceptors (Lipinski definition) is 6. The van der Waals surface area contributed by atoms with Crippen LogP contribution < -0.4 is 14.8 Å². The molecule has 118 valence electrons. The van der Waals surface area contributed by atoms with Gasteiger partial charge in [0.05, 0.1) is 6.61 Å². The molecule has 0 aromatic carbocycles. The van der Waals surface area contributed by atoms with Gasteiger partial charge in [-0.15, -0.1) is 4.98 Å². The van der Waals surface area contributed by atoms with Crippen molar-refractivity contribution < 1.29 is 9.47 Å². The first-order valence-corrected chi connectivity index (χ1v) is 7.75. The number of nitrogens with one attached hydrogen (secondary N) is 1. The van der Waals surface area contributed by atoms with Crippen molar-refractivity contribution in [3.05, 3.63) is 0 Å². The standard InChI is InChI=1S/C15H26N4O2/c1-5-10-20-13-17-12(16-4)18-14(19-13)21-11-6-8-15(2,3)9-7-11/h11H,5-10H2,1-4H3,(H,16,17,18,19). The highest BCUT2D eigenvalue weighted by atomic mass is 16.5. The predicted octanol–water partition coefficient (Wildman–Crippen LogP) is 3.05. The maximum Gasteiger partial charge on any atom is 0.324 e. The first-order valence-electron chi connectivity index (χ1n) is 7.75. The van der Waals surface area contributed by atoms with E-state index in [0.717, 1.165) is 19.3 Å². The summed E-state index contributed by atoms with van der Waals surface area (Å²) in [6, 6.07) is 0.674. The van der Waals surface area contributed by atoms with Crippen molar-refractivity contribution in [2.45, 2.75) is 59.0 Å². The number of ether oxygens (including phenoxy) is 2. The lowest BCUT2D eigenvalue weighted by atomic mass is 9.76. The van der Waals surface area contributed by atoms with Crippen molar-refractivity contribution in [3.63, 3.8) is 0 Å². The van der Waals surface area contributed by atoms with Crippen LogP contribution in [0.1, 0.15) is 52.9 Å². The zero-order valence-electron chi connectivity index (χ0n) is 13.5. The van der Waals surface area contributed by atoms with Crippen LogP contribution in [0.25, 0.3) is 0 Å². The number of nitrogens with zero attached hydrogens (tertiary/aromatic N) is 3. The normalized spacial score (nSPS) is 18.3. The van der Waals surface area contributed by atoms with E-state index >= 15 is 0 Å². The van der Waals surface area contributed by atoms with Gasteiger partial charge in [0.15, 0.2) is 0 Å². The molecule has 1 N–H and O–H groups in total. The van der Waals surface area contributed by atoms with Crippen LogP contribution in [0.4, 0.5) is 5.95 Å². The molecule has 1 heterocycles. The summed E-state index contributed by atoms with van der Waals surface area (Å²) in [7, 11) is 1.77. The third kappa shape index (κ3) is 4.72. The van der Waals surface area contributed by atoms with Gasteiger partial charge in [0.25, 0.3) is 0 Å². The van der Waals surface area contributed by atoms with Gasteiger partial charge in [-0.2, -0.15) is 9.97 Å². The van der Waals surface area contributed by atoms with Gasteiger partial charge in [-0.05, 0) is 37.5 Å². The minimum atomic E-state index is 0.184. The molecule has 0 bridgehead atoms. The largest absolute Gasteiger partial charge is 0.463 e. The molecule has 0 atom stereocenters. The Labute approximate surface area is 126 Å². The van der Waals surface area contributed by atoms with Crippen LogP contribution in [-0.2, 0) is 0 Å². The highest BCUT2D eigenvalue weighted by molar-refractivity contribution is 5.26. The molecule has 0 unspecified atom stereocenters. The van der Waals surface area contributed by atoms with Gasteiger partial charge in [0, 0.05) is 7.05 Å². The zero-order valence-corrected chi connectivity index (χ0v) is 13.5. The van der Waals surface area contributed by atoms with Crippen molar-refractivity contribution >= 4 is 5.95 Å². The van der Waals surface area contributed by atoms with Crippen LogP contribution in [-0.4, -0.2) is 34.7 Å². The molecule has 1 aromatic heterocycles. The predicted molar refractivity (Wildman–Crippen MR) is 81.8 cm³/mol. The highest BCUT2D eigenvalue weighted by Crippen LogP contribution is 2.36. The quantitative estimate of drug-likeness (QED) is 0.869. The van der Waals surface area contributed by atoms with Gasteiger partial charge < -0.3 is 14.8 Å². The lowest BCUT2D eigenvalue weighted by Crippen LogP contribution is -2.29. The Kier molecular flexibility index (Phi) is 5.20. The molecule has 1 aliphatic rings. The lowest BCUT2D eigenvalue weighted by Gasteiger charge is -2.33. The molecule has 0 aliphatic heterocycles. The second-order valence-electron chi connectivity index (χ2n) is 6.30. The summed E-state index contributed by atoms with van der Waals surface area (Å²) in [6.45, 7) is 7.25. The second-order valence-corrected chi connectivity index (χ2v) is 6.30. The third-order valence-electron chi connectivity index (χ3n) is 3.81. The van der Waals surface area contributed by atoms with Crippen molar-refractivity contribution in [2.24, 2.45) is 5.41 Å². The molecule has 1 aromatic rings. The smallest absolute Gasteiger partial charge is 0.324 e. The maximum atomic E-state index is 5.93. The topological polar surface area (TPSA) is 69.2 Å². The van der Waals surface area contributed by atoms with Crippen molar-refractivity contribution in [3.8, 4) is 12.0 Å². The van der Waals surface area contributed by atoms with Gasteiger partial charge in [-0.1, -0.05) is 20.8 Å². The zero-order chi connectivity index (χ0) is 15.3. The summed E-state index contributed by atoms with van der Waals surface area (Å²) >= 11 is 0. The van der Waals surface area contributed by atoms with Crippen LogP contribution >= 0.6 is 0 Å². The number of hydrogen-bond donors (Lipinski definition) is 1. The molecule has 0 amide bonds. The van der Waals surface area contributed by atoms with E-state index in [4.69, 9.17) is 9.47 Å². The molecule has 0 spiro atoms. The Morgan fingerprint density at radius 2 is 1.81 bits per heavy atom. The van der Waals surface area contributed by atoms with E-state index in [1.165, 1.54) is 12.8 Å². The van der Waals surface area contributed by atoms with E-state index in [9.17, 15) is 0 Å². The van der Waals surface area contributed by atoms with E-state index in [2.05, 4.69) is 34.1 Å². The molecule has 0 radical (unpaired) electrons. The maximum absolute atomic E-state index is 5.93. The third-order valence-corrected chi connectivity index (χ3v) is 3.81. The monoisotopic (exact) mass is 294 g/mol. The van der Waals surface area contributed by atoms with E-state index < -0.39 is 0 Å². The van der Waals surface area contributed by atoms with Crippen LogP contribution in [0, 0.1) is 5.41 Å². The first kappa shape index (κ1) is 15.8. The summed E-state index contributed by atoms with van der Waals surface area (Å²) in [5, 5.41) is 2.91. The van der Waals surface area contributed by atoms with Crippen molar-refractivity contribution in [2.75, 3.05) is 19.0 Å². The Morgan fingerprint density at radius 3 is 2.43 bits per heavy atom. The molecule has 1 aliphatic carbocycles. The first-order chi connectivity index (χ1) is 10.0. The average Bonchev–Trinajstić information content (AvgIpc) is 2.47. The Bertz CT molecular complexity index is 455. The second kappa shape index (κ2) is 6.91. The average molecular weight is 294 g/mol. The van der Waals surface area contributed by atoms with Gasteiger partial charge in [-0.3, -0.25) is 0 Å². The molecule has 1 saturated carbocycles. The number of aromatic nitrogens is 3. The van der Waals surface area contributed by atoms with Crippen LogP contribution in [0.3, 0.4) is 0 Å². The fourth-order valence-corrected chi connectivity index (χ4v) is 2.40. The molecule has 2 rings (SSSR count). The molecular weight excluding hydrogens is 268 g/mol. The van der Waals surface area contributed by atoms with Gasteiger partial charge >= 0.3 is 12.0 Å². The van der Waals surface area contributed by atoms with Gasteiger partial charge in [-0.25, -0.2) is 0 Å². The van der Waals surface area contributed by atoms with Crippen LogP contribution in [0.5, 0.6) is 12.0 Å². The van der Waals surface area contributed by atoms with Crippen LogP contribution in [0.2, 0.25) is 0 Å². The molecule has 0 saturated heterocycles.